The maximum absolute atomic E-state index is 12.7. The first-order valence-corrected chi connectivity index (χ1v) is 8.90. The zero-order chi connectivity index (χ0) is 20.2. The van der Waals surface area contributed by atoms with Gasteiger partial charge in [0.15, 0.2) is 5.82 Å². The maximum Gasteiger partial charge on any atom is 0.328 e. The van der Waals surface area contributed by atoms with Gasteiger partial charge in [-0.3, -0.25) is 4.79 Å². The first kappa shape index (κ1) is 18.4. The summed E-state index contributed by atoms with van der Waals surface area (Å²) in [7, 11) is 1.30. The Morgan fingerprint density at radius 1 is 1.24 bits per heavy atom. The van der Waals surface area contributed by atoms with E-state index in [0.29, 0.717) is 17.8 Å². The van der Waals surface area contributed by atoms with Crippen molar-refractivity contribution in [1.82, 2.24) is 30.0 Å². The number of aromatic nitrogens is 5. The fourth-order valence-corrected chi connectivity index (χ4v) is 3.08. The summed E-state index contributed by atoms with van der Waals surface area (Å²) in [6, 6.07) is 10.2. The number of carbonyl (C=O) groups excluding carboxylic acids is 2. The van der Waals surface area contributed by atoms with Crippen molar-refractivity contribution >= 4 is 22.8 Å². The van der Waals surface area contributed by atoms with E-state index in [-0.39, 0.29) is 0 Å². The number of hydrogen-bond donors (Lipinski definition) is 2. The smallest absolute Gasteiger partial charge is 0.328 e. The van der Waals surface area contributed by atoms with Crippen molar-refractivity contribution < 1.29 is 14.3 Å². The number of hydrogen-bond acceptors (Lipinski definition) is 6. The summed E-state index contributed by atoms with van der Waals surface area (Å²) in [5, 5.41) is 7.72. The molecule has 0 spiro atoms. The van der Waals surface area contributed by atoms with Crippen molar-refractivity contribution in [2.75, 3.05) is 7.11 Å². The average Bonchev–Trinajstić information content (AvgIpc) is 3.43. The van der Waals surface area contributed by atoms with Gasteiger partial charge in [0, 0.05) is 29.7 Å². The number of aromatic amines is 1. The molecule has 0 radical (unpaired) electrons. The second-order valence-corrected chi connectivity index (χ2v) is 6.36. The Hall–Kier alpha value is -4.01. The van der Waals surface area contributed by atoms with Gasteiger partial charge in [0.1, 0.15) is 18.7 Å². The Kier molecular flexibility index (Phi) is 5.02. The Morgan fingerprint density at radius 2 is 2.10 bits per heavy atom. The number of esters is 1. The molecule has 3 heterocycles. The fourth-order valence-electron chi connectivity index (χ4n) is 3.08. The predicted molar refractivity (Wildman–Crippen MR) is 104 cm³/mol. The van der Waals surface area contributed by atoms with Gasteiger partial charge in [-0.2, -0.15) is 5.10 Å². The van der Waals surface area contributed by atoms with E-state index in [9.17, 15) is 9.59 Å². The largest absolute Gasteiger partial charge is 0.467 e. The molecule has 1 amide bonds. The van der Waals surface area contributed by atoms with Crippen LogP contribution in [-0.2, 0) is 16.0 Å². The molecule has 4 rings (SSSR count). The Labute approximate surface area is 165 Å². The normalized spacial score (nSPS) is 11.9. The van der Waals surface area contributed by atoms with Crippen molar-refractivity contribution in [1.29, 1.82) is 0 Å². The van der Waals surface area contributed by atoms with Gasteiger partial charge < -0.3 is 15.0 Å². The lowest BCUT2D eigenvalue weighted by Gasteiger charge is -2.16. The lowest BCUT2D eigenvalue weighted by Crippen LogP contribution is -2.43. The summed E-state index contributed by atoms with van der Waals surface area (Å²) < 4.78 is 6.36. The van der Waals surface area contributed by atoms with Crippen LogP contribution < -0.4 is 5.32 Å². The van der Waals surface area contributed by atoms with Crippen LogP contribution in [0, 0.1) is 0 Å². The van der Waals surface area contributed by atoms with Gasteiger partial charge in [-0.25, -0.2) is 19.4 Å². The van der Waals surface area contributed by atoms with Gasteiger partial charge in [0.25, 0.3) is 5.91 Å². The molecule has 3 aromatic heterocycles. The third-order valence-corrected chi connectivity index (χ3v) is 4.55. The van der Waals surface area contributed by atoms with Crippen molar-refractivity contribution in [3.05, 3.63) is 72.6 Å². The summed E-state index contributed by atoms with van der Waals surface area (Å²) in [6.07, 6.45) is 6.46. The van der Waals surface area contributed by atoms with Gasteiger partial charge in [-0.05, 0) is 23.8 Å². The number of methoxy groups -OCH3 is 1. The zero-order valence-corrected chi connectivity index (χ0v) is 15.6. The van der Waals surface area contributed by atoms with Crippen LogP contribution in [0.4, 0.5) is 0 Å². The van der Waals surface area contributed by atoms with E-state index in [4.69, 9.17) is 4.74 Å². The Morgan fingerprint density at radius 3 is 2.83 bits per heavy atom. The number of nitrogens with zero attached hydrogens (tertiary/aromatic N) is 4. The molecule has 0 saturated heterocycles. The SMILES string of the molecule is COC(=O)[C@@H](Cc1c[nH]c2ccccc12)NC(=O)c1ccc(-n2cncn2)nc1. The molecule has 4 aromatic rings. The number of rotatable bonds is 6. The summed E-state index contributed by atoms with van der Waals surface area (Å²) >= 11 is 0. The number of carbonyl (C=O) groups is 2. The highest BCUT2D eigenvalue weighted by atomic mass is 16.5. The quantitative estimate of drug-likeness (QED) is 0.484. The van der Waals surface area contributed by atoms with Crippen LogP contribution in [-0.4, -0.2) is 49.8 Å². The molecule has 0 fully saturated rings. The number of nitrogens with one attached hydrogen (secondary N) is 2. The first-order chi connectivity index (χ1) is 14.2. The number of ether oxygens (including phenoxy) is 1. The molecule has 146 valence electrons. The van der Waals surface area contributed by atoms with Crippen molar-refractivity contribution in [3.8, 4) is 5.82 Å². The van der Waals surface area contributed by atoms with Crippen LogP contribution in [0.2, 0.25) is 0 Å². The van der Waals surface area contributed by atoms with E-state index in [0.717, 1.165) is 16.5 Å². The molecule has 0 aliphatic heterocycles. The van der Waals surface area contributed by atoms with Crippen molar-refractivity contribution in [2.45, 2.75) is 12.5 Å². The highest BCUT2D eigenvalue weighted by Crippen LogP contribution is 2.19. The van der Waals surface area contributed by atoms with Crippen LogP contribution in [0.3, 0.4) is 0 Å². The third-order valence-electron chi connectivity index (χ3n) is 4.55. The molecule has 0 aliphatic carbocycles. The Balaban J connectivity index is 1.52. The van der Waals surface area contributed by atoms with Gasteiger partial charge in [-0.1, -0.05) is 18.2 Å². The average molecular weight is 390 g/mol. The topological polar surface area (TPSA) is 115 Å². The number of benzene rings is 1. The Bertz CT molecular complexity index is 1130. The molecule has 0 aliphatic rings. The molecule has 0 saturated carbocycles. The molecule has 0 bridgehead atoms. The van der Waals surface area contributed by atoms with Gasteiger partial charge in [0.2, 0.25) is 0 Å². The standard InChI is InChI=1S/C20H18N6O3/c1-29-20(28)17(8-14-10-22-16-5-3-2-4-15(14)16)25-19(27)13-6-7-18(23-9-13)26-12-21-11-24-26/h2-7,9-12,17,22H,8H2,1H3,(H,25,27)/t17-/m1/s1. The van der Waals surface area contributed by atoms with Crippen LogP contribution in [0.25, 0.3) is 16.7 Å². The second kappa shape index (κ2) is 7.93. The molecular weight excluding hydrogens is 372 g/mol. The van der Waals surface area contributed by atoms with E-state index >= 15 is 0 Å². The van der Waals surface area contributed by atoms with Crippen LogP contribution in [0.15, 0.2) is 61.4 Å². The number of H-pyrrole nitrogens is 1. The highest BCUT2D eigenvalue weighted by Gasteiger charge is 2.24. The van der Waals surface area contributed by atoms with Crippen LogP contribution in [0.1, 0.15) is 15.9 Å². The monoisotopic (exact) mass is 390 g/mol. The van der Waals surface area contributed by atoms with E-state index < -0.39 is 17.9 Å². The number of pyridine rings is 1. The number of amides is 1. The van der Waals surface area contributed by atoms with E-state index in [1.807, 2.05) is 30.5 Å². The van der Waals surface area contributed by atoms with Crippen molar-refractivity contribution in [3.63, 3.8) is 0 Å². The summed E-state index contributed by atoms with van der Waals surface area (Å²) in [4.78, 5) is 36.2. The molecular formula is C20H18N6O3. The van der Waals surface area contributed by atoms with Gasteiger partial charge in [0.05, 0.1) is 12.7 Å². The molecule has 1 atom stereocenters. The molecule has 9 nitrogen and oxygen atoms in total. The zero-order valence-electron chi connectivity index (χ0n) is 15.6. The number of fused-ring (bicyclic) bond motifs is 1. The molecule has 2 N–H and O–H groups in total. The predicted octanol–water partition coefficient (Wildman–Crippen LogP) is 1.66. The minimum Gasteiger partial charge on any atom is -0.467 e. The van der Waals surface area contributed by atoms with Gasteiger partial charge in [-0.15, -0.1) is 0 Å². The summed E-state index contributed by atoms with van der Waals surface area (Å²) in [5.41, 5.74) is 2.20. The molecule has 29 heavy (non-hydrogen) atoms. The maximum atomic E-state index is 12.7. The highest BCUT2D eigenvalue weighted by molar-refractivity contribution is 5.97. The fraction of sp³-hybridized carbons (Fsp3) is 0.150. The molecule has 9 heteroatoms. The number of para-hydroxylation sites is 1. The second-order valence-electron chi connectivity index (χ2n) is 6.36. The lowest BCUT2D eigenvalue weighted by atomic mass is 10.0. The van der Waals surface area contributed by atoms with Crippen molar-refractivity contribution in [2.24, 2.45) is 0 Å². The minimum atomic E-state index is -0.832. The summed E-state index contributed by atoms with van der Waals surface area (Å²) in [5.74, 6) is -0.406. The van der Waals surface area contributed by atoms with E-state index in [2.05, 4.69) is 25.4 Å². The first-order valence-electron chi connectivity index (χ1n) is 8.90. The molecule has 1 aromatic carbocycles. The summed E-state index contributed by atoms with van der Waals surface area (Å²) in [6.45, 7) is 0. The molecule has 0 unspecified atom stereocenters. The van der Waals surface area contributed by atoms with Gasteiger partial charge >= 0.3 is 5.97 Å². The third kappa shape index (κ3) is 3.84. The van der Waals surface area contributed by atoms with Crippen LogP contribution >= 0.6 is 0 Å². The van der Waals surface area contributed by atoms with Crippen LogP contribution in [0.5, 0.6) is 0 Å². The minimum absolute atomic E-state index is 0.299. The lowest BCUT2D eigenvalue weighted by molar-refractivity contribution is -0.142. The van der Waals surface area contributed by atoms with E-state index in [1.165, 1.54) is 30.6 Å². The van der Waals surface area contributed by atoms with E-state index in [1.54, 1.807) is 12.1 Å².